The molecule has 0 aliphatic carbocycles. The molecule has 1 N–H and O–H groups in total. The minimum absolute atomic E-state index is 0.204. The van der Waals surface area contributed by atoms with Crippen molar-refractivity contribution < 1.29 is 9.53 Å². The van der Waals surface area contributed by atoms with Crippen LogP contribution in [0.1, 0.15) is 33.4 Å². The molecule has 6 nitrogen and oxygen atoms in total. The number of nitrogens with zero attached hydrogens (tertiary/aromatic N) is 3. The van der Waals surface area contributed by atoms with E-state index in [4.69, 9.17) is 9.84 Å². The molecule has 3 aromatic rings. The molecule has 0 fully saturated rings. The Labute approximate surface area is 151 Å². The van der Waals surface area contributed by atoms with Crippen LogP contribution >= 0.6 is 0 Å². The van der Waals surface area contributed by atoms with Crippen LogP contribution in [0.3, 0.4) is 0 Å². The third-order valence-corrected chi connectivity index (χ3v) is 4.40. The van der Waals surface area contributed by atoms with Gasteiger partial charge in [0.15, 0.2) is 0 Å². The van der Waals surface area contributed by atoms with Crippen LogP contribution in [0.4, 0.5) is 0 Å². The molecule has 3 heterocycles. The Hall–Kier alpha value is -2.99. The predicted octanol–water partition coefficient (Wildman–Crippen LogP) is 2.37. The number of benzene rings is 1. The van der Waals surface area contributed by atoms with Crippen LogP contribution in [0.25, 0.3) is 0 Å². The second-order valence-corrected chi connectivity index (χ2v) is 6.26. The number of nitrogens with one attached hydrogen (secondary N) is 1. The quantitative estimate of drug-likeness (QED) is 0.769. The van der Waals surface area contributed by atoms with E-state index in [1.807, 2.05) is 22.9 Å². The van der Waals surface area contributed by atoms with Gasteiger partial charge in [-0.05, 0) is 29.7 Å². The first-order valence-electron chi connectivity index (χ1n) is 8.70. The molecule has 1 atom stereocenters. The number of carbonyl (C=O) groups is 1. The Kier molecular flexibility index (Phi) is 4.75. The second-order valence-electron chi connectivity index (χ2n) is 6.26. The summed E-state index contributed by atoms with van der Waals surface area (Å²) < 4.78 is 7.79. The molecule has 26 heavy (non-hydrogen) atoms. The summed E-state index contributed by atoms with van der Waals surface area (Å²) in [4.78, 5) is 16.3. The van der Waals surface area contributed by atoms with Crippen molar-refractivity contribution in [2.45, 2.75) is 19.1 Å². The number of hydrogen-bond acceptors (Lipinski definition) is 4. The molecule has 0 unspecified atom stereocenters. The van der Waals surface area contributed by atoms with Crippen molar-refractivity contribution in [2.75, 3.05) is 13.2 Å². The molecular weight excluding hydrogens is 328 g/mol. The lowest BCUT2D eigenvalue weighted by Gasteiger charge is -2.22. The third kappa shape index (κ3) is 3.65. The monoisotopic (exact) mass is 348 g/mol. The third-order valence-electron chi connectivity index (χ3n) is 4.40. The average molecular weight is 348 g/mol. The normalized spacial score (nSPS) is 16.1. The van der Waals surface area contributed by atoms with Gasteiger partial charge in [-0.1, -0.05) is 36.4 Å². The summed E-state index contributed by atoms with van der Waals surface area (Å²) in [6, 6.07) is 15.5. The molecule has 1 aliphatic heterocycles. The first-order chi connectivity index (χ1) is 12.8. The Balaban J connectivity index is 1.44. The zero-order chi connectivity index (χ0) is 17.8. The number of fused-ring (bicyclic) bond motifs is 1. The van der Waals surface area contributed by atoms with Crippen molar-refractivity contribution in [2.24, 2.45) is 0 Å². The summed E-state index contributed by atoms with van der Waals surface area (Å²) in [5.74, 6) is -0.204. The summed E-state index contributed by atoms with van der Waals surface area (Å²) in [5.41, 5.74) is 3.70. The van der Waals surface area contributed by atoms with Crippen LogP contribution in [0.2, 0.25) is 0 Å². The summed E-state index contributed by atoms with van der Waals surface area (Å²) >= 11 is 0. The highest BCUT2D eigenvalue weighted by atomic mass is 16.5. The molecule has 0 bridgehead atoms. The maximum atomic E-state index is 12.2. The van der Waals surface area contributed by atoms with Crippen molar-refractivity contribution in [3.63, 3.8) is 0 Å². The SMILES string of the molecule is O=C(NC[C@@H]1OCCc2cn(Cc3ccccc3)nc21)c1ccccn1. The molecule has 132 valence electrons. The number of rotatable bonds is 5. The van der Waals surface area contributed by atoms with E-state index in [1.54, 1.807) is 24.4 Å². The maximum Gasteiger partial charge on any atom is 0.269 e. The zero-order valence-corrected chi connectivity index (χ0v) is 14.3. The summed E-state index contributed by atoms with van der Waals surface area (Å²) in [6.07, 6.45) is 4.30. The molecule has 0 spiro atoms. The van der Waals surface area contributed by atoms with Gasteiger partial charge in [-0.25, -0.2) is 0 Å². The van der Waals surface area contributed by atoms with Gasteiger partial charge in [0, 0.05) is 18.9 Å². The summed E-state index contributed by atoms with van der Waals surface area (Å²) in [7, 11) is 0. The molecule has 4 rings (SSSR count). The van der Waals surface area contributed by atoms with Gasteiger partial charge in [-0.2, -0.15) is 5.10 Å². The lowest BCUT2D eigenvalue weighted by atomic mass is 10.1. The van der Waals surface area contributed by atoms with Gasteiger partial charge in [0.05, 0.1) is 18.8 Å². The van der Waals surface area contributed by atoms with E-state index >= 15 is 0 Å². The van der Waals surface area contributed by atoms with E-state index in [-0.39, 0.29) is 12.0 Å². The van der Waals surface area contributed by atoms with Gasteiger partial charge in [-0.15, -0.1) is 0 Å². The fraction of sp³-hybridized carbons (Fsp3) is 0.250. The Bertz CT molecular complexity index is 877. The van der Waals surface area contributed by atoms with Crippen molar-refractivity contribution >= 4 is 5.91 Å². The zero-order valence-electron chi connectivity index (χ0n) is 14.3. The van der Waals surface area contributed by atoms with Crippen molar-refractivity contribution in [1.82, 2.24) is 20.1 Å². The molecular formula is C20H20N4O2. The van der Waals surface area contributed by atoms with Gasteiger partial charge in [0.2, 0.25) is 0 Å². The summed E-state index contributed by atoms with van der Waals surface area (Å²) in [6.45, 7) is 1.74. The molecule has 0 radical (unpaired) electrons. The number of ether oxygens (including phenoxy) is 1. The highest BCUT2D eigenvalue weighted by Crippen LogP contribution is 2.25. The Morgan fingerprint density at radius 3 is 2.85 bits per heavy atom. The summed E-state index contributed by atoms with van der Waals surface area (Å²) in [5, 5.41) is 7.60. The van der Waals surface area contributed by atoms with Gasteiger partial charge in [0.1, 0.15) is 11.8 Å². The lowest BCUT2D eigenvalue weighted by Crippen LogP contribution is -2.32. The van der Waals surface area contributed by atoms with Gasteiger partial charge in [-0.3, -0.25) is 14.5 Å². The topological polar surface area (TPSA) is 69.0 Å². The minimum atomic E-state index is -0.233. The number of pyridine rings is 1. The number of amides is 1. The number of carbonyl (C=O) groups excluding carboxylic acids is 1. The van der Waals surface area contributed by atoms with Gasteiger partial charge < -0.3 is 10.1 Å². The van der Waals surface area contributed by atoms with E-state index in [1.165, 1.54) is 11.1 Å². The highest BCUT2D eigenvalue weighted by molar-refractivity contribution is 5.92. The van der Waals surface area contributed by atoms with E-state index in [0.29, 0.717) is 18.8 Å². The molecule has 1 aliphatic rings. The maximum absolute atomic E-state index is 12.2. The Morgan fingerprint density at radius 1 is 1.19 bits per heavy atom. The van der Waals surface area contributed by atoms with Gasteiger partial charge in [0.25, 0.3) is 5.91 Å². The predicted molar refractivity (Wildman–Crippen MR) is 96.7 cm³/mol. The second kappa shape index (κ2) is 7.49. The molecule has 1 aromatic carbocycles. The van der Waals surface area contributed by atoms with Crippen LogP contribution in [0.5, 0.6) is 0 Å². The Morgan fingerprint density at radius 2 is 2.04 bits per heavy atom. The van der Waals surface area contributed by atoms with E-state index in [2.05, 4.69) is 28.6 Å². The molecule has 0 saturated carbocycles. The van der Waals surface area contributed by atoms with Crippen LogP contribution < -0.4 is 5.32 Å². The largest absolute Gasteiger partial charge is 0.370 e. The van der Waals surface area contributed by atoms with E-state index in [0.717, 1.165) is 18.7 Å². The van der Waals surface area contributed by atoms with E-state index in [9.17, 15) is 4.79 Å². The smallest absolute Gasteiger partial charge is 0.269 e. The van der Waals surface area contributed by atoms with Crippen LogP contribution in [-0.2, 0) is 17.7 Å². The van der Waals surface area contributed by atoms with Crippen molar-refractivity contribution in [1.29, 1.82) is 0 Å². The average Bonchev–Trinajstić information content (AvgIpc) is 3.10. The standard InChI is InChI=1S/C20H20N4O2/c25-20(17-8-4-5-10-21-17)22-12-18-19-16(9-11-26-18)14-24(23-19)13-15-6-2-1-3-7-15/h1-8,10,14,18H,9,11-13H2,(H,22,25)/t18-/m0/s1. The highest BCUT2D eigenvalue weighted by Gasteiger charge is 2.25. The number of hydrogen-bond donors (Lipinski definition) is 1. The fourth-order valence-electron chi connectivity index (χ4n) is 3.11. The van der Waals surface area contributed by atoms with Crippen molar-refractivity contribution in [3.05, 3.63) is 83.4 Å². The molecule has 2 aromatic heterocycles. The van der Waals surface area contributed by atoms with Crippen molar-refractivity contribution in [3.8, 4) is 0 Å². The lowest BCUT2D eigenvalue weighted by molar-refractivity contribution is 0.0383. The van der Waals surface area contributed by atoms with Crippen LogP contribution in [-0.4, -0.2) is 33.8 Å². The molecule has 1 amide bonds. The first-order valence-corrected chi connectivity index (χ1v) is 8.70. The number of aromatic nitrogens is 3. The first kappa shape index (κ1) is 16.5. The van der Waals surface area contributed by atoms with E-state index < -0.39 is 0 Å². The molecule has 6 heteroatoms. The van der Waals surface area contributed by atoms with Gasteiger partial charge >= 0.3 is 0 Å². The fourth-order valence-corrected chi connectivity index (χ4v) is 3.11. The minimum Gasteiger partial charge on any atom is -0.370 e. The molecule has 0 saturated heterocycles. The van der Waals surface area contributed by atoms with Crippen LogP contribution in [0, 0.1) is 0 Å². The van der Waals surface area contributed by atoms with Crippen LogP contribution in [0.15, 0.2) is 60.9 Å².